The van der Waals surface area contributed by atoms with Crippen molar-refractivity contribution >= 4 is 33.3 Å². The molecule has 1 N–H and O–H groups in total. The Morgan fingerprint density at radius 3 is 2.88 bits per heavy atom. The van der Waals surface area contributed by atoms with E-state index in [-0.39, 0.29) is 23.9 Å². The van der Waals surface area contributed by atoms with Crippen LogP contribution in [0.2, 0.25) is 0 Å². The van der Waals surface area contributed by atoms with Gasteiger partial charge in [-0.3, -0.25) is 14.2 Å². The van der Waals surface area contributed by atoms with Crippen LogP contribution in [0.1, 0.15) is 36.0 Å². The maximum Gasteiger partial charge on any atom is 0.261 e. The lowest BCUT2D eigenvalue weighted by molar-refractivity contribution is -0.116. The number of para-hydroxylation sites is 1. The van der Waals surface area contributed by atoms with E-state index in [1.54, 1.807) is 10.8 Å². The van der Waals surface area contributed by atoms with Crippen LogP contribution in [0.3, 0.4) is 0 Å². The number of hydrogen-bond donors (Lipinski definition) is 1. The van der Waals surface area contributed by atoms with Crippen LogP contribution in [0.15, 0.2) is 35.3 Å². The molecule has 1 fully saturated rings. The molecule has 1 aliphatic rings. The number of anilines is 1. The number of amides is 1. The number of carbonyl (C=O) groups is 1. The van der Waals surface area contributed by atoms with E-state index in [1.165, 1.54) is 11.3 Å². The van der Waals surface area contributed by atoms with Crippen molar-refractivity contribution in [1.29, 1.82) is 0 Å². The van der Waals surface area contributed by atoms with Crippen molar-refractivity contribution < 1.29 is 4.79 Å². The molecule has 1 aliphatic carbocycles. The maximum atomic E-state index is 12.8. The molecule has 0 aliphatic heterocycles. The molecule has 0 unspecified atom stereocenters. The number of fused-ring (bicyclic) bond motifs is 1. The van der Waals surface area contributed by atoms with Gasteiger partial charge in [0, 0.05) is 30.0 Å². The molecular weight excluding hydrogens is 336 g/mol. The van der Waals surface area contributed by atoms with Crippen LogP contribution in [0.5, 0.6) is 0 Å². The second-order valence-electron chi connectivity index (χ2n) is 6.28. The van der Waals surface area contributed by atoms with E-state index in [4.69, 9.17) is 0 Å². The number of hydrogen-bond acceptors (Lipinski definition) is 5. The van der Waals surface area contributed by atoms with Crippen molar-refractivity contribution in [2.45, 2.75) is 38.6 Å². The summed E-state index contributed by atoms with van der Waals surface area (Å²) >= 11 is 1.45. The van der Waals surface area contributed by atoms with Gasteiger partial charge in [-0.05, 0) is 31.9 Å². The van der Waals surface area contributed by atoms with Crippen molar-refractivity contribution in [3.8, 4) is 0 Å². The summed E-state index contributed by atoms with van der Waals surface area (Å²) in [4.78, 5) is 34.8. The topological polar surface area (TPSA) is 76.9 Å². The summed E-state index contributed by atoms with van der Waals surface area (Å²) in [5.74, 6) is 0.579. The number of thiazole rings is 1. The molecular formula is C18H18N4O2S. The van der Waals surface area contributed by atoms with Gasteiger partial charge < -0.3 is 5.32 Å². The van der Waals surface area contributed by atoms with E-state index in [0.717, 1.165) is 17.7 Å². The molecule has 25 heavy (non-hydrogen) atoms. The second-order valence-corrected chi connectivity index (χ2v) is 7.51. The van der Waals surface area contributed by atoms with E-state index in [0.29, 0.717) is 28.3 Å². The zero-order valence-electron chi connectivity index (χ0n) is 13.9. The highest BCUT2D eigenvalue weighted by Gasteiger charge is 2.28. The van der Waals surface area contributed by atoms with Gasteiger partial charge in [0.05, 0.1) is 10.9 Å². The average Bonchev–Trinajstić information content (AvgIpc) is 3.35. The van der Waals surface area contributed by atoms with Gasteiger partial charge in [-0.1, -0.05) is 12.1 Å². The molecule has 1 aromatic carbocycles. The first-order chi connectivity index (χ1) is 12.1. The monoisotopic (exact) mass is 354 g/mol. The third kappa shape index (κ3) is 3.32. The van der Waals surface area contributed by atoms with Gasteiger partial charge in [0.25, 0.3) is 5.56 Å². The average molecular weight is 354 g/mol. The minimum Gasteiger partial charge on any atom is -0.302 e. The Morgan fingerprint density at radius 2 is 2.16 bits per heavy atom. The van der Waals surface area contributed by atoms with E-state index in [2.05, 4.69) is 15.3 Å². The van der Waals surface area contributed by atoms with E-state index in [9.17, 15) is 9.59 Å². The predicted octanol–water partition coefficient (Wildman–Crippen LogP) is 3.07. The SMILES string of the molecule is Cc1cnc(NC(=O)CCc2nc3ccccc3c(=O)n2C2CC2)s1. The van der Waals surface area contributed by atoms with Gasteiger partial charge in [-0.15, -0.1) is 11.3 Å². The molecule has 2 heterocycles. The minimum absolute atomic E-state index is 0.000874. The normalized spacial score (nSPS) is 14.0. The molecule has 0 saturated heterocycles. The Bertz CT molecular complexity index is 1000. The molecule has 0 radical (unpaired) electrons. The minimum atomic E-state index is -0.112. The van der Waals surface area contributed by atoms with Crippen LogP contribution >= 0.6 is 11.3 Å². The highest BCUT2D eigenvalue weighted by atomic mass is 32.1. The first kappa shape index (κ1) is 16.0. The van der Waals surface area contributed by atoms with Gasteiger partial charge in [-0.2, -0.15) is 0 Å². The fourth-order valence-corrected chi connectivity index (χ4v) is 3.58. The van der Waals surface area contributed by atoms with Crippen LogP contribution in [0, 0.1) is 6.92 Å². The number of aromatic nitrogens is 3. The summed E-state index contributed by atoms with van der Waals surface area (Å²) in [7, 11) is 0. The molecule has 0 spiro atoms. The first-order valence-electron chi connectivity index (χ1n) is 8.34. The number of benzene rings is 1. The molecule has 0 bridgehead atoms. The lowest BCUT2D eigenvalue weighted by Gasteiger charge is -2.12. The quantitative estimate of drug-likeness (QED) is 0.764. The molecule has 128 valence electrons. The highest BCUT2D eigenvalue weighted by Crippen LogP contribution is 2.34. The molecule has 6 nitrogen and oxygen atoms in total. The van der Waals surface area contributed by atoms with E-state index < -0.39 is 0 Å². The van der Waals surface area contributed by atoms with Gasteiger partial charge in [-0.25, -0.2) is 9.97 Å². The number of rotatable bonds is 5. The lowest BCUT2D eigenvalue weighted by Crippen LogP contribution is -2.25. The smallest absolute Gasteiger partial charge is 0.261 e. The molecule has 2 aromatic heterocycles. The standard InChI is InChI=1S/C18H18N4O2S/c1-11-10-19-18(25-11)21-16(23)9-8-15-20-14-5-3-2-4-13(14)17(24)22(15)12-6-7-12/h2-5,10,12H,6-9H2,1H3,(H,19,21,23). The van der Waals surface area contributed by atoms with Crippen LogP contribution in [0.25, 0.3) is 10.9 Å². The third-order valence-corrected chi connectivity index (χ3v) is 5.06. The fourth-order valence-electron chi connectivity index (χ4n) is 2.90. The Morgan fingerprint density at radius 1 is 1.36 bits per heavy atom. The van der Waals surface area contributed by atoms with Gasteiger partial charge >= 0.3 is 0 Å². The van der Waals surface area contributed by atoms with Crippen LogP contribution in [-0.2, 0) is 11.2 Å². The van der Waals surface area contributed by atoms with E-state index in [1.807, 2.05) is 31.2 Å². The molecule has 1 amide bonds. The molecule has 1 saturated carbocycles. The molecule has 3 aromatic rings. The molecule has 7 heteroatoms. The summed E-state index contributed by atoms with van der Waals surface area (Å²) in [6, 6.07) is 7.61. The number of aryl methyl sites for hydroxylation is 2. The first-order valence-corrected chi connectivity index (χ1v) is 9.16. The lowest BCUT2D eigenvalue weighted by atomic mass is 10.2. The number of carbonyl (C=O) groups excluding carboxylic acids is 1. The zero-order chi connectivity index (χ0) is 17.4. The molecule has 0 atom stereocenters. The summed E-state index contributed by atoms with van der Waals surface area (Å²) in [5, 5.41) is 4.05. The molecule has 4 rings (SSSR count). The predicted molar refractivity (Wildman–Crippen MR) is 98.1 cm³/mol. The van der Waals surface area contributed by atoms with Crippen molar-refractivity contribution in [3.63, 3.8) is 0 Å². The van der Waals surface area contributed by atoms with Crippen molar-refractivity contribution in [1.82, 2.24) is 14.5 Å². The third-order valence-electron chi connectivity index (χ3n) is 4.24. The Hall–Kier alpha value is -2.54. The maximum absolute atomic E-state index is 12.8. The Labute approximate surface area is 148 Å². The highest BCUT2D eigenvalue weighted by molar-refractivity contribution is 7.15. The second kappa shape index (κ2) is 6.40. The largest absolute Gasteiger partial charge is 0.302 e. The van der Waals surface area contributed by atoms with Crippen LogP contribution in [-0.4, -0.2) is 20.4 Å². The summed E-state index contributed by atoms with van der Waals surface area (Å²) in [6.07, 6.45) is 4.44. The van der Waals surface area contributed by atoms with Gasteiger partial charge in [0.15, 0.2) is 5.13 Å². The number of nitrogens with one attached hydrogen (secondary N) is 1. The number of nitrogens with zero attached hydrogens (tertiary/aromatic N) is 3. The summed E-state index contributed by atoms with van der Waals surface area (Å²) < 4.78 is 1.78. The summed E-state index contributed by atoms with van der Waals surface area (Å²) in [6.45, 7) is 1.95. The summed E-state index contributed by atoms with van der Waals surface area (Å²) in [5.41, 5.74) is 0.689. The fraction of sp³-hybridized carbons (Fsp3) is 0.333. The van der Waals surface area contributed by atoms with Crippen molar-refractivity contribution in [2.24, 2.45) is 0 Å². The van der Waals surface area contributed by atoms with Crippen LogP contribution in [0.4, 0.5) is 5.13 Å². The zero-order valence-corrected chi connectivity index (χ0v) is 14.7. The Balaban J connectivity index is 1.57. The van der Waals surface area contributed by atoms with Crippen molar-refractivity contribution in [3.05, 3.63) is 51.5 Å². The van der Waals surface area contributed by atoms with Crippen LogP contribution < -0.4 is 10.9 Å². The van der Waals surface area contributed by atoms with E-state index >= 15 is 0 Å². The van der Waals surface area contributed by atoms with Gasteiger partial charge in [0.1, 0.15) is 5.82 Å². The van der Waals surface area contributed by atoms with Crippen molar-refractivity contribution in [2.75, 3.05) is 5.32 Å². The van der Waals surface area contributed by atoms with Gasteiger partial charge in [0.2, 0.25) is 5.91 Å². The Kier molecular flexibility index (Phi) is 4.09.